The molecule has 4 atom stereocenters. The van der Waals surface area contributed by atoms with Gasteiger partial charge in [0, 0.05) is 5.92 Å². The highest BCUT2D eigenvalue weighted by Gasteiger charge is 2.32. The third kappa shape index (κ3) is 14.5. The van der Waals surface area contributed by atoms with Crippen LogP contribution in [0.25, 0.3) is 0 Å². The Hall–Kier alpha value is -4.02. The Kier molecular flexibility index (Phi) is 17.4. The van der Waals surface area contributed by atoms with Crippen molar-refractivity contribution in [1.82, 2.24) is 21.3 Å². The molecule has 0 bridgehead atoms. The zero-order chi connectivity index (χ0) is 34.1. The minimum atomic E-state index is -1.34. The van der Waals surface area contributed by atoms with Gasteiger partial charge in [0.1, 0.15) is 6.04 Å². The molecule has 0 aromatic heterocycles. The van der Waals surface area contributed by atoms with Crippen LogP contribution in [0.5, 0.6) is 0 Å². The van der Waals surface area contributed by atoms with Gasteiger partial charge >= 0.3 is 5.97 Å². The summed E-state index contributed by atoms with van der Waals surface area (Å²) < 4.78 is 0. The summed E-state index contributed by atoms with van der Waals surface area (Å²) in [6.45, 7) is 13.1. The lowest BCUT2D eigenvalue weighted by Crippen LogP contribution is -2.55. The van der Waals surface area contributed by atoms with Crippen LogP contribution in [0.3, 0.4) is 0 Å². The molecule has 0 heterocycles. The second kappa shape index (κ2) is 20.1. The third-order valence-corrected chi connectivity index (χ3v) is 7.17. The molecule has 5 N–H and O–H groups in total. The molecule has 11 heteroatoms. The quantitative estimate of drug-likeness (QED) is 0.108. The van der Waals surface area contributed by atoms with Crippen LogP contribution >= 0.6 is 0 Å². The molecule has 11 nitrogen and oxygen atoms in total. The Morgan fingerprint density at radius 3 is 1.91 bits per heavy atom. The van der Waals surface area contributed by atoms with Crippen molar-refractivity contribution >= 4 is 35.4 Å². The fourth-order valence-corrected chi connectivity index (χ4v) is 4.66. The van der Waals surface area contributed by atoms with Gasteiger partial charge in [0.2, 0.25) is 23.5 Å². The summed E-state index contributed by atoms with van der Waals surface area (Å²) in [4.78, 5) is 76.5. The SMILES string of the molecule is CCC[C@H](NC(=O)[C@H](CC(C)C)NC(=O)[C@@H](CC=CCC(C)C)C(C)C)C(=O)C(=O)NCC(=O)N[C@H](C(=O)O)c1ccccc1. The zero-order valence-electron chi connectivity index (χ0n) is 27.7. The molecule has 0 unspecified atom stereocenters. The first kappa shape index (κ1) is 39.0. The maximum atomic E-state index is 13.4. The number of carboxylic acid groups (broad SMARTS) is 1. The van der Waals surface area contributed by atoms with Crippen LogP contribution in [0.4, 0.5) is 0 Å². The van der Waals surface area contributed by atoms with Gasteiger partial charge in [-0.25, -0.2) is 4.79 Å². The molecular weight excluding hydrogens is 576 g/mol. The summed E-state index contributed by atoms with van der Waals surface area (Å²) in [6.07, 6.45) is 6.48. The van der Waals surface area contributed by atoms with Gasteiger partial charge in [-0.3, -0.25) is 24.0 Å². The summed E-state index contributed by atoms with van der Waals surface area (Å²) in [6, 6.07) is 4.63. The van der Waals surface area contributed by atoms with E-state index in [0.29, 0.717) is 30.7 Å². The molecule has 0 aliphatic rings. The highest BCUT2D eigenvalue weighted by molar-refractivity contribution is 6.38. The van der Waals surface area contributed by atoms with Gasteiger partial charge in [0.15, 0.2) is 6.04 Å². The lowest BCUT2D eigenvalue weighted by Gasteiger charge is -2.26. The molecule has 4 amide bonds. The highest BCUT2D eigenvalue weighted by atomic mass is 16.4. The molecule has 250 valence electrons. The van der Waals surface area contributed by atoms with Gasteiger partial charge in [0.05, 0.1) is 12.6 Å². The standard InChI is InChI=1S/C34H52N4O7/c1-8-14-26(30(40)33(43)35-20-28(39)38-29(34(44)45)24-16-10-9-11-17-24)36-32(42)27(19-22(4)5)37-31(41)25(23(6)7)18-13-12-15-21(2)3/h9-13,16-17,21-23,25-27,29H,8,14-15,18-20H2,1-7H3,(H,35,43)(H,36,42)(H,37,41)(H,38,39)(H,44,45)/t25-,26-,27-,29-/m0/s1. The number of carbonyl (C=O) groups is 6. The van der Waals surface area contributed by atoms with Crippen molar-refractivity contribution in [2.75, 3.05) is 6.54 Å². The topological polar surface area (TPSA) is 171 Å². The van der Waals surface area contributed by atoms with Crippen molar-refractivity contribution in [3.05, 3.63) is 48.0 Å². The molecule has 0 radical (unpaired) electrons. The minimum Gasteiger partial charge on any atom is -0.479 e. The highest BCUT2D eigenvalue weighted by Crippen LogP contribution is 2.18. The van der Waals surface area contributed by atoms with Gasteiger partial charge < -0.3 is 26.4 Å². The number of hydrogen-bond acceptors (Lipinski definition) is 6. The van der Waals surface area contributed by atoms with E-state index in [1.54, 1.807) is 37.3 Å². The summed E-state index contributed by atoms with van der Waals surface area (Å²) in [5.74, 6) is -4.69. The summed E-state index contributed by atoms with van der Waals surface area (Å²) >= 11 is 0. The molecule has 0 aliphatic carbocycles. The van der Waals surface area contributed by atoms with E-state index in [1.807, 2.05) is 33.8 Å². The molecule has 0 saturated carbocycles. The first-order valence-corrected chi connectivity index (χ1v) is 15.8. The number of allylic oxidation sites excluding steroid dienone is 2. The predicted molar refractivity (Wildman–Crippen MR) is 173 cm³/mol. The van der Waals surface area contributed by atoms with Crippen molar-refractivity contribution in [3.63, 3.8) is 0 Å². The molecule has 1 rings (SSSR count). The van der Waals surface area contributed by atoms with Crippen LogP contribution in [0, 0.1) is 23.7 Å². The van der Waals surface area contributed by atoms with Crippen LogP contribution in [0.15, 0.2) is 42.5 Å². The van der Waals surface area contributed by atoms with E-state index in [0.717, 1.165) is 6.42 Å². The molecule has 0 aliphatic heterocycles. The van der Waals surface area contributed by atoms with Crippen LogP contribution in [0.1, 0.15) is 92.2 Å². The molecule has 1 aromatic rings. The van der Waals surface area contributed by atoms with Crippen molar-refractivity contribution in [3.8, 4) is 0 Å². The maximum Gasteiger partial charge on any atom is 0.330 e. The Morgan fingerprint density at radius 1 is 0.778 bits per heavy atom. The number of hydrogen-bond donors (Lipinski definition) is 5. The van der Waals surface area contributed by atoms with Crippen molar-refractivity contribution < 1.29 is 33.9 Å². The van der Waals surface area contributed by atoms with E-state index in [2.05, 4.69) is 41.2 Å². The average molecular weight is 629 g/mol. The number of carboxylic acids is 1. The fraction of sp³-hybridized carbons (Fsp3) is 0.588. The minimum absolute atomic E-state index is 0.0326. The van der Waals surface area contributed by atoms with Crippen LogP contribution in [-0.2, 0) is 28.8 Å². The summed E-state index contributed by atoms with van der Waals surface area (Å²) in [7, 11) is 0. The van der Waals surface area contributed by atoms with E-state index in [1.165, 1.54) is 0 Å². The van der Waals surface area contributed by atoms with Gasteiger partial charge in [0.25, 0.3) is 5.91 Å². The monoisotopic (exact) mass is 628 g/mol. The first-order chi connectivity index (χ1) is 21.2. The number of Topliss-reactive ketones (excluding diaryl/α,β-unsaturated/α-hetero) is 1. The normalized spacial score (nSPS) is 14.1. The number of benzene rings is 1. The molecule has 0 saturated heterocycles. The van der Waals surface area contributed by atoms with Gasteiger partial charge in [-0.2, -0.15) is 0 Å². The second-order valence-corrected chi connectivity index (χ2v) is 12.5. The molecule has 45 heavy (non-hydrogen) atoms. The van der Waals surface area contributed by atoms with E-state index in [9.17, 15) is 33.9 Å². The Morgan fingerprint density at radius 2 is 1.38 bits per heavy atom. The van der Waals surface area contributed by atoms with Crippen molar-refractivity contribution in [2.45, 2.75) is 98.7 Å². The number of amides is 4. The second-order valence-electron chi connectivity index (χ2n) is 12.5. The van der Waals surface area contributed by atoms with E-state index in [-0.39, 0.29) is 30.1 Å². The number of carbonyl (C=O) groups excluding carboxylic acids is 5. The van der Waals surface area contributed by atoms with E-state index in [4.69, 9.17) is 0 Å². The molecule has 1 aromatic carbocycles. The number of aliphatic carboxylic acids is 1. The van der Waals surface area contributed by atoms with Crippen molar-refractivity contribution in [1.29, 1.82) is 0 Å². The van der Waals surface area contributed by atoms with Gasteiger partial charge in [-0.15, -0.1) is 0 Å². The molecule has 0 fully saturated rings. The summed E-state index contributed by atoms with van der Waals surface area (Å²) in [5, 5.41) is 19.6. The van der Waals surface area contributed by atoms with Crippen LogP contribution in [0.2, 0.25) is 0 Å². The number of nitrogens with one attached hydrogen (secondary N) is 4. The van der Waals surface area contributed by atoms with Crippen LogP contribution in [-0.4, -0.2) is 59.1 Å². The lowest BCUT2D eigenvalue weighted by molar-refractivity contribution is -0.142. The number of rotatable bonds is 20. The smallest absolute Gasteiger partial charge is 0.330 e. The third-order valence-electron chi connectivity index (χ3n) is 7.17. The Labute approximate surface area is 267 Å². The number of ketones is 1. The molecule has 0 spiro atoms. The van der Waals surface area contributed by atoms with Gasteiger partial charge in [-0.1, -0.05) is 97.4 Å². The first-order valence-electron chi connectivity index (χ1n) is 15.8. The average Bonchev–Trinajstić information content (AvgIpc) is 2.97. The van der Waals surface area contributed by atoms with Crippen molar-refractivity contribution in [2.24, 2.45) is 23.7 Å². The molecular formula is C34H52N4O7. The van der Waals surface area contributed by atoms with E-state index < -0.39 is 54.1 Å². The van der Waals surface area contributed by atoms with Crippen LogP contribution < -0.4 is 21.3 Å². The predicted octanol–water partition coefficient (Wildman–Crippen LogP) is 3.69. The largest absolute Gasteiger partial charge is 0.479 e. The zero-order valence-corrected chi connectivity index (χ0v) is 27.7. The van der Waals surface area contributed by atoms with E-state index >= 15 is 0 Å². The fourth-order valence-electron chi connectivity index (χ4n) is 4.66. The van der Waals surface area contributed by atoms with Gasteiger partial charge in [-0.05, 0) is 49.0 Å². The maximum absolute atomic E-state index is 13.4. The summed E-state index contributed by atoms with van der Waals surface area (Å²) in [5.41, 5.74) is 0.344. The Balaban J connectivity index is 2.91. The Bertz CT molecular complexity index is 1160. The lowest BCUT2D eigenvalue weighted by atomic mass is 9.90.